The molecule has 0 aromatic heterocycles. The highest BCUT2D eigenvalue weighted by atomic mass is 32.2. The molecule has 0 saturated heterocycles. The van der Waals surface area contributed by atoms with Crippen molar-refractivity contribution in [3.05, 3.63) is 35.3 Å². The van der Waals surface area contributed by atoms with E-state index in [1.807, 2.05) is 58.5 Å². The van der Waals surface area contributed by atoms with Gasteiger partial charge >= 0.3 is 0 Å². The highest BCUT2D eigenvalue weighted by molar-refractivity contribution is 8.04. The number of allylic oxidation sites excluding steroid dienone is 5. The molecule has 0 amide bonds. The molecule has 0 heterocycles. The molecular formula is C16H32S. The highest BCUT2D eigenvalue weighted by Gasteiger charge is 2.11. The zero-order chi connectivity index (χ0) is 14.3. The van der Waals surface area contributed by atoms with Crippen LogP contribution in [-0.4, -0.2) is 4.75 Å². The normalized spacial score (nSPS) is 11.9. The van der Waals surface area contributed by atoms with Crippen molar-refractivity contribution in [1.29, 1.82) is 0 Å². The Balaban J connectivity index is -0.000000439. The molecule has 1 heteroatoms. The van der Waals surface area contributed by atoms with E-state index in [-0.39, 0.29) is 0 Å². The van der Waals surface area contributed by atoms with Gasteiger partial charge in [-0.05, 0) is 19.9 Å². The standard InChI is InChI=1S/C12H20S.2C2H6/c1-6-8-9-10-11(7-2)13-12(3,4)5;2*1-2/h6-10H,1-5H3;2*1-2H3/b8-6-,10-9-,11-7+;;. The average Bonchev–Trinajstić information content (AvgIpc) is 2.32. The molecule has 0 spiro atoms. The smallest absolute Gasteiger partial charge is 0.0122 e. The predicted molar refractivity (Wildman–Crippen MR) is 87.8 cm³/mol. The Morgan fingerprint density at radius 2 is 1.35 bits per heavy atom. The minimum absolute atomic E-state index is 0.294. The van der Waals surface area contributed by atoms with Gasteiger partial charge in [0.1, 0.15) is 0 Å². The van der Waals surface area contributed by atoms with Gasteiger partial charge in [0.05, 0.1) is 0 Å². The van der Waals surface area contributed by atoms with Gasteiger partial charge in [-0.1, -0.05) is 72.8 Å². The second-order valence-electron chi connectivity index (χ2n) is 3.79. The molecule has 0 nitrogen and oxygen atoms in total. The van der Waals surface area contributed by atoms with E-state index in [0.717, 1.165) is 0 Å². The molecule has 0 fully saturated rings. The van der Waals surface area contributed by atoms with E-state index in [1.165, 1.54) is 4.91 Å². The van der Waals surface area contributed by atoms with Crippen LogP contribution in [0.25, 0.3) is 0 Å². The van der Waals surface area contributed by atoms with Gasteiger partial charge in [0, 0.05) is 9.65 Å². The summed E-state index contributed by atoms with van der Waals surface area (Å²) in [6, 6.07) is 0. The molecule has 0 aromatic rings. The Hall–Kier alpha value is -0.430. The molecule has 0 radical (unpaired) electrons. The minimum Gasteiger partial charge on any atom is -0.121 e. The van der Waals surface area contributed by atoms with E-state index in [2.05, 4.69) is 45.9 Å². The number of rotatable bonds is 3. The molecule has 0 atom stereocenters. The van der Waals surface area contributed by atoms with E-state index in [4.69, 9.17) is 0 Å². The molecular weight excluding hydrogens is 224 g/mol. The van der Waals surface area contributed by atoms with Gasteiger partial charge in [-0.3, -0.25) is 0 Å². The summed E-state index contributed by atoms with van der Waals surface area (Å²) in [5, 5.41) is 0. The van der Waals surface area contributed by atoms with Crippen LogP contribution in [0.15, 0.2) is 35.3 Å². The van der Waals surface area contributed by atoms with Gasteiger partial charge in [0.15, 0.2) is 0 Å². The molecule has 0 aliphatic rings. The molecule has 0 aliphatic heterocycles. The molecule has 102 valence electrons. The Bertz CT molecular complexity index is 214. The molecule has 0 saturated carbocycles. The Labute approximate surface area is 114 Å². The van der Waals surface area contributed by atoms with Crippen molar-refractivity contribution >= 4 is 11.8 Å². The fraction of sp³-hybridized carbons (Fsp3) is 0.625. The average molecular weight is 256 g/mol. The summed E-state index contributed by atoms with van der Waals surface area (Å²) in [4.78, 5) is 1.32. The number of hydrogen-bond acceptors (Lipinski definition) is 1. The molecule has 0 aromatic carbocycles. The Morgan fingerprint density at radius 3 is 1.65 bits per heavy atom. The van der Waals surface area contributed by atoms with E-state index >= 15 is 0 Å². The van der Waals surface area contributed by atoms with Gasteiger partial charge in [-0.2, -0.15) is 0 Å². The zero-order valence-electron chi connectivity index (χ0n) is 13.3. The van der Waals surface area contributed by atoms with E-state index in [1.54, 1.807) is 0 Å². The fourth-order valence-corrected chi connectivity index (χ4v) is 1.78. The fourth-order valence-electron chi connectivity index (χ4n) is 0.804. The quantitative estimate of drug-likeness (QED) is 0.512. The lowest BCUT2D eigenvalue weighted by Crippen LogP contribution is -2.06. The third kappa shape index (κ3) is 21.4. The van der Waals surface area contributed by atoms with Crippen LogP contribution in [0.1, 0.15) is 62.3 Å². The van der Waals surface area contributed by atoms with Crippen LogP contribution in [0.3, 0.4) is 0 Å². The van der Waals surface area contributed by atoms with Crippen LogP contribution in [0.4, 0.5) is 0 Å². The van der Waals surface area contributed by atoms with Crippen LogP contribution < -0.4 is 0 Å². The van der Waals surface area contributed by atoms with Gasteiger partial charge in [-0.25, -0.2) is 0 Å². The van der Waals surface area contributed by atoms with E-state index in [0.29, 0.717) is 4.75 Å². The second-order valence-corrected chi connectivity index (χ2v) is 5.69. The third-order valence-electron chi connectivity index (χ3n) is 1.27. The molecule has 17 heavy (non-hydrogen) atoms. The Kier molecular flexibility index (Phi) is 20.0. The largest absolute Gasteiger partial charge is 0.121 e. The van der Waals surface area contributed by atoms with Crippen LogP contribution in [0.5, 0.6) is 0 Å². The summed E-state index contributed by atoms with van der Waals surface area (Å²) in [6.45, 7) is 18.8. The van der Waals surface area contributed by atoms with Crippen LogP contribution in [0.2, 0.25) is 0 Å². The van der Waals surface area contributed by atoms with Crippen molar-refractivity contribution in [2.45, 2.75) is 67.1 Å². The summed E-state index contributed by atoms with van der Waals surface area (Å²) in [6.07, 6.45) is 10.5. The maximum atomic E-state index is 2.23. The van der Waals surface area contributed by atoms with Crippen molar-refractivity contribution in [3.8, 4) is 0 Å². The van der Waals surface area contributed by atoms with Crippen molar-refractivity contribution in [2.75, 3.05) is 0 Å². The molecule has 0 aliphatic carbocycles. The van der Waals surface area contributed by atoms with Crippen molar-refractivity contribution < 1.29 is 0 Å². The van der Waals surface area contributed by atoms with Crippen molar-refractivity contribution in [2.24, 2.45) is 0 Å². The second kappa shape index (κ2) is 15.6. The lowest BCUT2D eigenvalue weighted by molar-refractivity contribution is 0.807. The first-order chi connectivity index (χ1) is 7.99. The first-order valence-corrected chi connectivity index (χ1v) is 7.46. The van der Waals surface area contributed by atoms with Gasteiger partial charge in [0.2, 0.25) is 0 Å². The monoisotopic (exact) mass is 256 g/mol. The molecule has 0 rings (SSSR count). The van der Waals surface area contributed by atoms with Gasteiger partial charge in [-0.15, -0.1) is 11.8 Å². The maximum Gasteiger partial charge on any atom is 0.0122 e. The summed E-state index contributed by atoms with van der Waals surface area (Å²) in [7, 11) is 0. The summed E-state index contributed by atoms with van der Waals surface area (Å²) < 4.78 is 0.294. The minimum atomic E-state index is 0.294. The molecule has 0 N–H and O–H groups in total. The van der Waals surface area contributed by atoms with Crippen molar-refractivity contribution in [1.82, 2.24) is 0 Å². The van der Waals surface area contributed by atoms with Crippen molar-refractivity contribution in [3.63, 3.8) is 0 Å². The Morgan fingerprint density at radius 1 is 0.882 bits per heavy atom. The van der Waals surface area contributed by atoms with E-state index in [9.17, 15) is 0 Å². The third-order valence-corrected chi connectivity index (χ3v) is 2.49. The maximum absolute atomic E-state index is 2.23. The van der Waals surface area contributed by atoms with Gasteiger partial charge in [0.25, 0.3) is 0 Å². The highest BCUT2D eigenvalue weighted by Crippen LogP contribution is 2.31. The van der Waals surface area contributed by atoms with Crippen LogP contribution in [0, 0.1) is 0 Å². The predicted octanol–water partition coefficient (Wildman–Crippen LogP) is 6.61. The van der Waals surface area contributed by atoms with E-state index < -0.39 is 0 Å². The summed E-state index contributed by atoms with van der Waals surface area (Å²) in [5.74, 6) is 0. The summed E-state index contributed by atoms with van der Waals surface area (Å²) >= 11 is 1.89. The first kappa shape index (κ1) is 21.8. The zero-order valence-corrected chi connectivity index (χ0v) is 14.1. The van der Waals surface area contributed by atoms with Crippen LogP contribution in [-0.2, 0) is 0 Å². The number of thioether (sulfide) groups is 1. The topological polar surface area (TPSA) is 0 Å². The van der Waals surface area contributed by atoms with Gasteiger partial charge < -0.3 is 0 Å². The summed E-state index contributed by atoms with van der Waals surface area (Å²) in [5.41, 5.74) is 0. The lowest BCUT2D eigenvalue weighted by atomic mass is 10.3. The number of hydrogen-bond donors (Lipinski definition) is 0. The lowest BCUT2D eigenvalue weighted by Gasteiger charge is -2.17. The first-order valence-electron chi connectivity index (χ1n) is 6.64. The molecule has 0 bridgehead atoms. The van der Waals surface area contributed by atoms with Crippen LogP contribution >= 0.6 is 11.8 Å². The SMILES string of the molecule is CC.CC.C\C=C/C=C\C(=C/C)SC(C)(C)C. The molecule has 0 unspecified atom stereocenters.